The molecule has 2 aromatic rings. The molecule has 0 atom stereocenters. The van der Waals surface area contributed by atoms with Crippen molar-refractivity contribution < 1.29 is 9.59 Å². The van der Waals surface area contributed by atoms with Gasteiger partial charge in [0, 0.05) is 36.5 Å². The molecule has 2 heterocycles. The van der Waals surface area contributed by atoms with E-state index >= 15 is 0 Å². The van der Waals surface area contributed by atoms with Gasteiger partial charge in [0.2, 0.25) is 5.91 Å². The van der Waals surface area contributed by atoms with Gasteiger partial charge < -0.3 is 10.2 Å². The largest absolute Gasteiger partial charge is 0.357 e. The van der Waals surface area contributed by atoms with Crippen molar-refractivity contribution in [3.05, 3.63) is 52.7 Å². The first kappa shape index (κ1) is 18.4. The lowest BCUT2D eigenvalue weighted by Crippen LogP contribution is -2.20. The van der Waals surface area contributed by atoms with Gasteiger partial charge in [-0.05, 0) is 56.2 Å². The minimum atomic E-state index is -0.189. The summed E-state index contributed by atoms with van der Waals surface area (Å²) >= 11 is 5.82. The molecule has 3 rings (SSSR count). The number of halogens is 1. The maximum atomic E-state index is 12.2. The van der Waals surface area contributed by atoms with Gasteiger partial charge in [0.1, 0.15) is 5.82 Å². The number of anilines is 2. The molecule has 1 fully saturated rings. The Hall–Kier alpha value is -2.40. The smallest absolute Gasteiger partial charge is 0.224 e. The highest BCUT2D eigenvalue weighted by Gasteiger charge is 2.15. The van der Waals surface area contributed by atoms with Crippen molar-refractivity contribution in [2.75, 3.05) is 23.3 Å². The summed E-state index contributed by atoms with van der Waals surface area (Å²) in [5.74, 6) is 0.693. The van der Waals surface area contributed by atoms with Gasteiger partial charge in [0.15, 0.2) is 5.78 Å². The number of nitrogens with one attached hydrogen (secondary N) is 1. The molecule has 0 saturated carbocycles. The van der Waals surface area contributed by atoms with E-state index in [2.05, 4.69) is 15.2 Å². The Labute approximate surface area is 158 Å². The van der Waals surface area contributed by atoms with Gasteiger partial charge in [-0.3, -0.25) is 9.59 Å². The van der Waals surface area contributed by atoms with Crippen LogP contribution in [-0.2, 0) is 4.79 Å². The number of Topliss-reactive ketones (excluding diaryl/α,β-unsaturated/α-hetero) is 1. The fourth-order valence-corrected chi connectivity index (χ4v) is 3.15. The van der Waals surface area contributed by atoms with Crippen LogP contribution < -0.4 is 10.2 Å². The van der Waals surface area contributed by atoms with Gasteiger partial charge in [-0.1, -0.05) is 11.6 Å². The molecule has 1 saturated heterocycles. The summed E-state index contributed by atoms with van der Waals surface area (Å²) in [6, 6.07) is 10.5. The van der Waals surface area contributed by atoms with Crippen molar-refractivity contribution in [2.45, 2.75) is 32.6 Å². The third-order valence-corrected chi connectivity index (χ3v) is 4.77. The number of pyridine rings is 1. The highest BCUT2D eigenvalue weighted by Crippen LogP contribution is 2.22. The molecule has 1 aromatic heterocycles. The van der Waals surface area contributed by atoms with Crippen molar-refractivity contribution in [1.29, 1.82) is 0 Å². The zero-order valence-electron chi connectivity index (χ0n) is 14.8. The summed E-state index contributed by atoms with van der Waals surface area (Å²) in [4.78, 5) is 31.1. The number of ketones is 1. The second-order valence-electron chi connectivity index (χ2n) is 6.47. The minimum absolute atomic E-state index is 0.0731. The van der Waals surface area contributed by atoms with E-state index in [0.717, 1.165) is 24.6 Å². The first-order valence-electron chi connectivity index (χ1n) is 8.84. The lowest BCUT2D eigenvalue weighted by Gasteiger charge is -2.18. The van der Waals surface area contributed by atoms with Gasteiger partial charge in [-0.25, -0.2) is 4.98 Å². The number of hydrogen-bond donors (Lipinski definition) is 1. The average molecular weight is 372 g/mol. The molecule has 1 aromatic carbocycles. The van der Waals surface area contributed by atoms with Crippen molar-refractivity contribution in [2.24, 2.45) is 0 Å². The van der Waals surface area contributed by atoms with Gasteiger partial charge in [-0.2, -0.15) is 0 Å². The van der Waals surface area contributed by atoms with E-state index in [1.807, 2.05) is 19.1 Å². The van der Waals surface area contributed by atoms with Crippen LogP contribution in [0.1, 0.15) is 41.7 Å². The Balaban J connectivity index is 1.54. The van der Waals surface area contributed by atoms with E-state index in [4.69, 9.17) is 11.6 Å². The third-order valence-electron chi connectivity index (χ3n) is 4.52. The molecule has 26 heavy (non-hydrogen) atoms. The molecular formula is C20H22ClN3O2. The molecule has 6 heteroatoms. The topological polar surface area (TPSA) is 62.3 Å². The van der Waals surface area contributed by atoms with Crippen molar-refractivity contribution in [3.63, 3.8) is 0 Å². The van der Waals surface area contributed by atoms with E-state index in [9.17, 15) is 9.59 Å². The molecule has 1 aliphatic rings. The molecule has 0 bridgehead atoms. The molecule has 5 nitrogen and oxygen atoms in total. The summed E-state index contributed by atoms with van der Waals surface area (Å²) in [6.45, 7) is 3.95. The molecule has 136 valence electrons. The predicted octanol–water partition coefficient (Wildman–Crippen LogP) is 4.25. The van der Waals surface area contributed by atoms with Crippen molar-refractivity contribution >= 4 is 34.8 Å². The van der Waals surface area contributed by atoms with Crippen LogP contribution in [0.4, 0.5) is 11.5 Å². The number of hydrogen-bond acceptors (Lipinski definition) is 4. The van der Waals surface area contributed by atoms with Gasteiger partial charge in [-0.15, -0.1) is 0 Å². The number of carbonyl (C=O) groups is 2. The Kier molecular flexibility index (Phi) is 5.89. The fourth-order valence-electron chi connectivity index (χ4n) is 3.02. The summed E-state index contributed by atoms with van der Waals surface area (Å²) in [5.41, 5.74) is 2.04. The zero-order valence-corrected chi connectivity index (χ0v) is 15.6. The average Bonchev–Trinajstić information content (AvgIpc) is 3.17. The number of aryl methyl sites for hydroxylation is 1. The summed E-state index contributed by atoms with van der Waals surface area (Å²) < 4.78 is 0. The first-order valence-corrected chi connectivity index (χ1v) is 9.22. The maximum Gasteiger partial charge on any atom is 0.224 e. The zero-order chi connectivity index (χ0) is 18.5. The second-order valence-corrected chi connectivity index (χ2v) is 6.91. The number of nitrogens with zero attached hydrogens (tertiary/aromatic N) is 2. The van der Waals surface area contributed by atoms with Crippen molar-refractivity contribution in [3.8, 4) is 0 Å². The number of benzene rings is 1. The van der Waals surface area contributed by atoms with E-state index in [1.54, 1.807) is 24.3 Å². The van der Waals surface area contributed by atoms with E-state index in [0.29, 0.717) is 16.3 Å². The maximum absolute atomic E-state index is 12.2. The van der Waals surface area contributed by atoms with Crippen LogP contribution >= 0.6 is 11.6 Å². The molecule has 0 spiro atoms. The number of carbonyl (C=O) groups excluding carboxylic acids is 2. The lowest BCUT2D eigenvalue weighted by molar-refractivity contribution is -0.116. The molecular weight excluding hydrogens is 350 g/mol. The standard InChI is InChI=1S/C20H22ClN3O2/c1-14-17(8-10-19(22-14)24-12-2-3-13-24)23-20(26)11-9-18(25)15-4-6-16(21)7-5-15/h4-8,10H,2-3,9,11-13H2,1H3,(H,23,26). The van der Waals surface area contributed by atoms with Crippen molar-refractivity contribution in [1.82, 2.24) is 4.98 Å². The highest BCUT2D eigenvalue weighted by molar-refractivity contribution is 6.30. The number of aromatic nitrogens is 1. The van der Waals surface area contributed by atoms with Crippen LogP contribution in [0.25, 0.3) is 0 Å². The third kappa shape index (κ3) is 4.61. The highest BCUT2D eigenvalue weighted by atomic mass is 35.5. The van der Waals surface area contributed by atoms with E-state index in [-0.39, 0.29) is 24.5 Å². The summed E-state index contributed by atoms with van der Waals surface area (Å²) in [7, 11) is 0. The first-order chi connectivity index (χ1) is 12.5. The molecule has 0 radical (unpaired) electrons. The molecule has 0 aliphatic carbocycles. The van der Waals surface area contributed by atoms with Crippen LogP contribution in [0.2, 0.25) is 5.02 Å². The van der Waals surface area contributed by atoms with Gasteiger partial charge >= 0.3 is 0 Å². The Bertz CT molecular complexity index is 799. The number of rotatable bonds is 6. The van der Waals surface area contributed by atoms with Crippen LogP contribution in [0, 0.1) is 6.92 Å². The van der Waals surface area contributed by atoms with Crippen LogP contribution in [0.5, 0.6) is 0 Å². The van der Waals surface area contributed by atoms with Gasteiger partial charge in [0.05, 0.1) is 11.4 Å². The van der Waals surface area contributed by atoms with E-state index < -0.39 is 0 Å². The van der Waals surface area contributed by atoms with Crippen LogP contribution in [0.15, 0.2) is 36.4 Å². The lowest BCUT2D eigenvalue weighted by atomic mass is 10.1. The molecule has 1 aliphatic heterocycles. The minimum Gasteiger partial charge on any atom is -0.357 e. The van der Waals surface area contributed by atoms with E-state index in [1.165, 1.54) is 12.8 Å². The van der Waals surface area contributed by atoms with Crippen LogP contribution in [0.3, 0.4) is 0 Å². The SMILES string of the molecule is Cc1nc(N2CCCC2)ccc1NC(=O)CCC(=O)c1ccc(Cl)cc1. The Morgan fingerprint density at radius 3 is 2.42 bits per heavy atom. The summed E-state index contributed by atoms with van der Waals surface area (Å²) in [6.07, 6.45) is 2.68. The quantitative estimate of drug-likeness (QED) is 0.771. The normalized spacial score (nSPS) is 13.7. The Morgan fingerprint density at radius 2 is 1.77 bits per heavy atom. The molecule has 1 N–H and O–H groups in total. The fraction of sp³-hybridized carbons (Fsp3) is 0.350. The molecule has 0 unspecified atom stereocenters. The Morgan fingerprint density at radius 1 is 1.08 bits per heavy atom. The summed E-state index contributed by atoms with van der Waals surface area (Å²) in [5, 5.41) is 3.43. The molecule has 1 amide bonds. The number of amides is 1. The van der Waals surface area contributed by atoms with Crippen LogP contribution in [-0.4, -0.2) is 29.8 Å². The van der Waals surface area contributed by atoms with Gasteiger partial charge in [0.25, 0.3) is 0 Å². The predicted molar refractivity (Wildman–Crippen MR) is 104 cm³/mol. The monoisotopic (exact) mass is 371 g/mol. The second kappa shape index (κ2) is 8.32.